The van der Waals surface area contributed by atoms with Gasteiger partial charge >= 0.3 is 6.61 Å². The highest BCUT2D eigenvalue weighted by molar-refractivity contribution is 7.89. The molecule has 31 heavy (non-hydrogen) atoms. The molecular weight excluding hydrogens is 443 g/mol. The third-order valence-corrected chi connectivity index (χ3v) is 6.38. The molecular formula is C18H16F3N3O6S. The molecule has 0 saturated carbocycles. The number of nitrogens with zero attached hydrogens (tertiary/aromatic N) is 3. The van der Waals surface area contributed by atoms with Crippen LogP contribution in [0.2, 0.25) is 0 Å². The summed E-state index contributed by atoms with van der Waals surface area (Å²) in [6, 6.07) is 6.91. The second kappa shape index (κ2) is 8.67. The molecule has 1 aromatic heterocycles. The molecule has 0 aliphatic carbocycles. The van der Waals surface area contributed by atoms with Crippen LogP contribution in [0.5, 0.6) is 11.6 Å². The lowest BCUT2D eigenvalue weighted by atomic mass is 10.0. The number of halogens is 3. The number of sulfonamides is 1. The van der Waals surface area contributed by atoms with Crippen LogP contribution < -0.4 is 9.47 Å². The number of rotatable bonds is 7. The van der Waals surface area contributed by atoms with Crippen LogP contribution in [0.15, 0.2) is 41.4 Å². The van der Waals surface area contributed by atoms with E-state index < -0.39 is 59.7 Å². The minimum absolute atomic E-state index is 0.0807. The highest BCUT2D eigenvalue weighted by Crippen LogP contribution is 2.31. The predicted octanol–water partition coefficient (Wildman–Crippen LogP) is 0.869. The van der Waals surface area contributed by atoms with Crippen LogP contribution in [-0.4, -0.2) is 65.9 Å². The number of aliphatic hydroxyl groups excluding tert-OH is 1. The lowest BCUT2D eigenvalue weighted by molar-refractivity contribution is -0.0641. The first-order valence-electron chi connectivity index (χ1n) is 8.69. The summed E-state index contributed by atoms with van der Waals surface area (Å²) in [4.78, 5) is 3.15. The molecule has 0 spiro atoms. The number of hydrogen-bond donors (Lipinski definition) is 2. The van der Waals surface area contributed by atoms with E-state index in [0.717, 1.165) is 34.8 Å². The Hall–Kier alpha value is -2.92. The molecule has 166 valence electrons. The Morgan fingerprint density at radius 3 is 2.65 bits per heavy atom. The third kappa shape index (κ3) is 4.72. The maximum Gasteiger partial charge on any atom is 0.388 e. The Morgan fingerprint density at radius 2 is 2.10 bits per heavy atom. The van der Waals surface area contributed by atoms with Gasteiger partial charge in [0.1, 0.15) is 34.2 Å². The van der Waals surface area contributed by atoms with Gasteiger partial charge in [0.15, 0.2) is 0 Å². The average Bonchev–Trinajstić information content (AvgIpc) is 3.06. The standard InChI is InChI=1S/C18H16F3N3O6S/c19-14-5-12(2-1-11(14)6-22)29-15-8-24(9-18(15,26)10-25)31(27,28)13-3-4-16(23-7-13)30-17(20)21/h1-5,7,15,17,25-26H,8-10H2/t15-,18+/m0/s1. The molecule has 0 amide bonds. The van der Waals surface area contributed by atoms with Crippen molar-refractivity contribution in [3.63, 3.8) is 0 Å². The second-order valence-electron chi connectivity index (χ2n) is 6.63. The molecule has 0 bridgehead atoms. The summed E-state index contributed by atoms with van der Waals surface area (Å²) in [5.41, 5.74) is -2.24. The van der Waals surface area contributed by atoms with Crippen LogP contribution in [0.3, 0.4) is 0 Å². The number of aliphatic hydroxyl groups is 2. The van der Waals surface area contributed by atoms with E-state index in [1.807, 2.05) is 0 Å². The highest BCUT2D eigenvalue weighted by Gasteiger charge is 2.50. The van der Waals surface area contributed by atoms with Crippen LogP contribution in [-0.2, 0) is 10.0 Å². The normalized spacial score (nSPS) is 21.8. The van der Waals surface area contributed by atoms with Crippen molar-refractivity contribution in [1.82, 2.24) is 9.29 Å². The zero-order valence-electron chi connectivity index (χ0n) is 15.7. The van der Waals surface area contributed by atoms with Gasteiger partial charge in [0.05, 0.1) is 24.9 Å². The quantitative estimate of drug-likeness (QED) is 0.623. The molecule has 1 saturated heterocycles. The summed E-state index contributed by atoms with van der Waals surface area (Å²) >= 11 is 0. The molecule has 2 atom stereocenters. The molecule has 0 radical (unpaired) electrons. The van der Waals surface area contributed by atoms with Gasteiger partial charge in [-0.15, -0.1) is 0 Å². The van der Waals surface area contributed by atoms with Crippen molar-refractivity contribution in [2.75, 3.05) is 19.7 Å². The maximum atomic E-state index is 13.8. The molecule has 2 aromatic rings. The van der Waals surface area contributed by atoms with E-state index >= 15 is 0 Å². The number of benzene rings is 1. The van der Waals surface area contributed by atoms with Crippen molar-refractivity contribution in [2.24, 2.45) is 0 Å². The number of alkyl halides is 2. The van der Waals surface area contributed by atoms with Crippen LogP contribution in [0.1, 0.15) is 5.56 Å². The Balaban J connectivity index is 1.82. The summed E-state index contributed by atoms with van der Waals surface area (Å²) in [5.74, 6) is -1.43. The van der Waals surface area contributed by atoms with Gasteiger partial charge in [0, 0.05) is 18.7 Å². The van der Waals surface area contributed by atoms with Crippen molar-refractivity contribution in [3.8, 4) is 17.7 Å². The third-order valence-electron chi connectivity index (χ3n) is 4.59. The van der Waals surface area contributed by atoms with E-state index in [0.29, 0.717) is 0 Å². The molecule has 1 aromatic carbocycles. The number of ether oxygens (including phenoxy) is 2. The summed E-state index contributed by atoms with van der Waals surface area (Å²) in [7, 11) is -4.25. The van der Waals surface area contributed by atoms with Gasteiger partial charge in [-0.3, -0.25) is 0 Å². The van der Waals surface area contributed by atoms with E-state index in [1.54, 1.807) is 6.07 Å². The van der Waals surface area contributed by atoms with Crippen LogP contribution in [0, 0.1) is 17.1 Å². The predicted molar refractivity (Wildman–Crippen MR) is 97.2 cm³/mol. The summed E-state index contributed by atoms with van der Waals surface area (Å²) in [5, 5.41) is 29.1. The SMILES string of the molecule is N#Cc1ccc(O[C@H]2CN(S(=O)(=O)c3ccc(OC(F)F)nc3)C[C@@]2(O)CO)cc1F. The number of nitriles is 1. The molecule has 3 rings (SSSR count). The van der Waals surface area contributed by atoms with Gasteiger partial charge in [-0.1, -0.05) is 0 Å². The van der Waals surface area contributed by atoms with Gasteiger partial charge in [-0.05, 0) is 18.2 Å². The number of hydrogen-bond acceptors (Lipinski definition) is 8. The average molecular weight is 459 g/mol. The molecule has 1 fully saturated rings. The van der Waals surface area contributed by atoms with Crippen molar-refractivity contribution >= 4 is 10.0 Å². The Labute approximate surface area is 174 Å². The first-order valence-corrected chi connectivity index (χ1v) is 10.1. The molecule has 1 aliphatic heterocycles. The maximum absolute atomic E-state index is 13.8. The zero-order valence-corrected chi connectivity index (χ0v) is 16.5. The van der Waals surface area contributed by atoms with E-state index in [-0.39, 0.29) is 16.2 Å². The van der Waals surface area contributed by atoms with Crippen molar-refractivity contribution < 1.29 is 41.3 Å². The zero-order chi connectivity index (χ0) is 22.8. The fourth-order valence-electron chi connectivity index (χ4n) is 2.96. The van der Waals surface area contributed by atoms with Crippen LogP contribution in [0.4, 0.5) is 13.2 Å². The van der Waals surface area contributed by atoms with Gasteiger partial charge < -0.3 is 19.7 Å². The molecule has 0 unspecified atom stereocenters. The Kier molecular flexibility index (Phi) is 6.37. The molecule has 2 N–H and O–H groups in total. The first kappa shape index (κ1) is 22.8. The molecule has 9 nitrogen and oxygen atoms in total. The van der Waals surface area contributed by atoms with Gasteiger partial charge in [-0.25, -0.2) is 17.8 Å². The van der Waals surface area contributed by atoms with Gasteiger partial charge in [0.25, 0.3) is 0 Å². The van der Waals surface area contributed by atoms with E-state index in [9.17, 15) is 31.8 Å². The largest absolute Gasteiger partial charge is 0.486 e. The van der Waals surface area contributed by atoms with E-state index in [2.05, 4.69) is 9.72 Å². The monoisotopic (exact) mass is 459 g/mol. The number of β-amino-alcohol motifs (C(OH)–C–C–N with tert-alkyl or cyclic N) is 1. The smallest absolute Gasteiger partial charge is 0.388 e. The number of aromatic nitrogens is 1. The fraction of sp³-hybridized carbons (Fsp3) is 0.333. The lowest BCUT2D eigenvalue weighted by Gasteiger charge is -2.27. The molecule has 1 aliphatic rings. The molecule has 13 heteroatoms. The minimum atomic E-state index is -4.25. The van der Waals surface area contributed by atoms with Crippen LogP contribution >= 0.6 is 0 Å². The summed E-state index contributed by atoms with van der Waals surface area (Å²) in [6.07, 6.45) is -0.455. The van der Waals surface area contributed by atoms with Gasteiger partial charge in [-0.2, -0.15) is 18.3 Å². The fourth-order valence-corrected chi connectivity index (χ4v) is 4.41. The van der Waals surface area contributed by atoms with Gasteiger partial charge in [0.2, 0.25) is 15.9 Å². The minimum Gasteiger partial charge on any atom is -0.486 e. The summed E-state index contributed by atoms with van der Waals surface area (Å²) < 4.78 is 74.4. The second-order valence-corrected chi connectivity index (χ2v) is 8.57. The topological polar surface area (TPSA) is 133 Å². The molecule has 2 heterocycles. The van der Waals surface area contributed by atoms with E-state index in [1.165, 1.54) is 6.07 Å². The Morgan fingerprint density at radius 1 is 1.35 bits per heavy atom. The first-order chi connectivity index (χ1) is 14.6. The lowest BCUT2D eigenvalue weighted by Crippen LogP contribution is -2.48. The highest BCUT2D eigenvalue weighted by atomic mass is 32.2. The van der Waals surface area contributed by atoms with Crippen molar-refractivity contribution in [2.45, 2.75) is 23.2 Å². The number of pyridine rings is 1. The van der Waals surface area contributed by atoms with Crippen molar-refractivity contribution in [3.05, 3.63) is 47.9 Å². The summed E-state index contributed by atoms with van der Waals surface area (Å²) in [6.45, 7) is -4.94. The van der Waals surface area contributed by atoms with E-state index in [4.69, 9.17) is 10.00 Å². The Bertz CT molecular complexity index is 1090. The van der Waals surface area contributed by atoms with Crippen molar-refractivity contribution in [1.29, 1.82) is 5.26 Å². The van der Waals surface area contributed by atoms with Crippen LogP contribution in [0.25, 0.3) is 0 Å².